The van der Waals surface area contributed by atoms with Gasteiger partial charge in [-0.1, -0.05) is 0 Å². The zero-order valence-corrected chi connectivity index (χ0v) is 14.5. The molecule has 0 aliphatic rings. The standard InChI is InChI=1S/C19H20N2O4/c1-23-16-10-14(11-17(24-2)19(16)25-3)6-9-18(22)21-15-7-4-13(12-20)5-8-15/h4-5,7-8,10-11H,6,9H2,1-3H3,(H,21,22). The van der Waals surface area contributed by atoms with Crippen LogP contribution >= 0.6 is 0 Å². The maximum absolute atomic E-state index is 12.1. The highest BCUT2D eigenvalue weighted by molar-refractivity contribution is 5.90. The van der Waals surface area contributed by atoms with E-state index in [1.54, 1.807) is 45.6 Å². The summed E-state index contributed by atoms with van der Waals surface area (Å²) in [4.78, 5) is 12.1. The van der Waals surface area contributed by atoms with Gasteiger partial charge in [-0.2, -0.15) is 5.26 Å². The third-order valence-corrected chi connectivity index (χ3v) is 3.66. The van der Waals surface area contributed by atoms with Crippen LogP contribution in [0.25, 0.3) is 0 Å². The van der Waals surface area contributed by atoms with Crippen molar-refractivity contribution in [2.45, 2.75) is 12.8 Å². The van der Waals surface area contributed by atoms with E-state index in [4.69, 9.17) is 19.5 Å². The molecule has 0 aliphatic carbocycles. The fourth-order valence-corrected chi connectivity index (χ4v) is 2.39. The predicted molar refractivity (Wildman–Crippen MR) is 94.2 cm³/mol. The minimum Gasteiger partial charge on any atom is -0.493 e. The number of anilines is 1. The predicted octanol–water partition coefficient (Wildman–Crippen LogP) is 3.16. The van der Waals surface area contributed by atoms with Crippen LogP contribution < -0.4 is 19.5 Å². The maximum atomic E-state index is 12.1. The Labute approximate surface area is 146 Å². The molecule has 6 heteroatoms. The second-order valence-electron chi connectivity index (χ2n) is 5.27. The van der Waals surface area contributed by atoms with Crippen LogP contribution in [0.4, 0.5) is 5.69 Å². The number of nitrogens with one attached hydrogen (secondary N) is 1. The number of rotatable bonds is 7. The largest absolute Gasteiger partial charge is 0.493 e. The van der Waals surface area contributed by atoms with Crippen molar-refractivity contribution in [2.75, 3.05) is 26.6 Å². The minimum atomic E-state index is -0.113. The topological polar surface area (TPSA) is 80.6 Å². The molecule has 2 aromatic rings. The molecule has 6 nitrogen and oxygen atoms in total. The smallest absolute Gasteiger partial charge is 0.224 e. The molecule has 25 heavy (non-hydrogen) atoms. The molecule has 0 fully saturated rings. The fourth-order valence-electron chi connectivity index (χ4n) is 2.39. The Hall–Kier alpha value is -3.20. The van der Waals surface area contributed by atoms with Crippen LogP contribution in [-0.4, -0.2) is 27.2 Å². The van der Waals surface area contributed by atoms with Gasteiger partial charge in [0.25, 0.3) is 0 Å². The van der Waals surface area contributed by atoms with Crippen molar-refractivity contribution in [3.8, 4) is 23.3 Å². The second-order valence-corrected chi connectivity index (χ2v) is 5.27. The molecule has 0 bridgehead atoms. The van der Waals surface area contributed by atoms with E-state index in [0.29, 0.717) is 41.3 Å². The van der Waals surface area contributed by atoms with Crippen LogP contribution in [0.3, 0.4) is 0 Å². The lowest BCUT2D eigenvalue weighted by Crippen LogP contribution is -2.12. The highest BCUT2D eigenvalue weighted by Crippen LogP contribution is 2.38. The van der Waals surface area contributed by atoms with Crippen LogP contribution in [0, 0.1) is 11.3 Å². The first-order valence-corrected chi connectivity index (χ1v) is 7.70. The summed E-state index contributed by atoms with van der Waals surface area (Å²) in [6.07, 6.45) is 0.831. The van der Waals surface area contributed by atoms with Gasteiger partial charge in [-0.05, 0) is 48.4 Å². The Morgan fingerprint density at radius 2 is 1.64 bits per heavy atom. The van der Waals surface area contributed by atoms with E-state index in [2.05, 4.69) is 5.32 Å². The van der Waals surface area contributed by atoms with Crippen molar-refractivity contribution < 1.29 is 19.0 Å². The van der Waals surface area contributed by atoms with Gasteiger partial charge in [0.15, 0.2) is 11.5 Å². The van der Waals surface area contributed by atoms with Crippen molar-refractivity contribution in [2.24, 2.45) is 0 Å². The first kappa shape index (κ1) is 18.1. The quantitative estimate of drug-likeness (QED) is 0.837. The zero-order valence-electron chi connectivity index (χ0n) is 14.5. The number of hydrogen-bond donors (Lipinski definition) is 1. The van der Waals surface area contributed by atoms with E-state index >= 15 is 0 Å². The number of benzene rings is 2. The van der Waals surface area contributed by atoms with Gasteiger partial charge in [-0.3, -0.25) is 4.79 Å². The van der Waals surface area contributed by atoms with E-state index in [-0.39, 0.29) is 5.91 Å². The van der Waals surface area contributed by atoms with Gasteiger partial charge in [-0.15, -0.1) is 0 Å². The average Bonchev–Trinajstić information content (AvgIpc) is 2.65. The molecule has 130 valence electrons. The molecule has 0 saturated carbocycles. The number of ether oxygens (including phenoxy) is 3. The first-order chi connectivity index (χ1) is 12.1. The van der Waals surface area contributed by atoms with Crippen LogP contribution in [0.15, 0.2) is 36.4 Å². The van der Waals surface area contributed by atoms with Gasteiger partial charge in [0.05, 0.1) is 33.0 Å². The number of hydrogen-bond acceptors (Lipinski definition) is 5. The van der Waals surface area contributed by atoms with Crippen molar-refractivity contribution in [1.29, 1.82) is 5.26 Å². The molecule has 0 heterocycles. The molecule has 0 unspecified atom stereocenters. The third-order valence-electron chi connectivity index (χ3n) is 3.66. The second kappa shape index (κ2) is 8.60. The summed E-state index contributed by atoms with van der Waals surface area (Å²) < 4.78 is 15.9. The molecule has 0 saturated heterocycles. The molecule has 0 atom stereocenters. The number of methoxy groups -OCH3 is 3. The number of nitriles is 1. The van der Waals surface area contributed by atoms with Gasteiger partial charge >= 0.3 is 0 Å². The molecule has 0 radical (unpaired) electrons. The molecule has 2 aromatic carbocycles. The average molecular weight is 340 g/mol. The first-order valence-electron chi connectivity index (χ1n) is 7.70. The molecule has 0 spiro atoms. The molecule has 1 amide bonds. The minimum absolute atomic E-state index is 0.113. The van der Waals surface area contributed by atoms with E-state index in [0.717, 1.165) is 5.56 Å². The summed E-state index contributed by atoms with van der Waals surface area (Å²) in [6.45, 7) is 0. The maximum Gasteiger partial charge on any atom is 0.224 e. The summed E-state index contributed by atoms with van der Waals surface area (Å²) in [5.74, 6) is 1.53. The van der Waals surface area contributed by atoms with Crippen molar-refractivity contribution in [1.82, 2.24) is 0 Å². The van der Waals surface area contributed by atoms with E-state index < -0.39 is 0 Å². The van der Waals surface area contributed by atoms with Gasteiger partial charge in [0.1, 0.15) is 0 Å². The number of nitrogens with zero attached hydrogens (tertiary/aromatic N) is 1. The molecular weight excluding hydrogens is 320 g/mol. The van der Waals surface area contributed by atoms with Gasteiger partial charge in [-0.25, -0.2) is 0 Å². The lowest BCUT2D eigenvalue weighted by atomic mass is 10.1. The van der Waals surface area contributed by atoms with Crippen molar-refractivity contribution in [3.05, 3.63) is 47.5 Å². The normalized spacial score (nSPS) is 9.84. The van der Waals surface area contributed by atoms with Crippen molar-refractivity contribution >= 4 is 11.6 Å². The number of carbonyl (C=O) groups excluding carboxylic acids is 1. The van der Waals surface area contributed by atoms with Crippen LogP contribution in [0.2, 0.25) is 0 Å². The Morgan fingerprint density at radius 3 is 2.12 bits per heavy atom. The molecule has 2 rings (SSSR count). The molecule has 0 aromatic heterocycles. The number of amides is 1. The molecular formula is C19H20N2O4. The Kier molecular flexibility index (Phi) is 6.24. The summed E-state index contributed by atoms with van der Waals surface area (Å²) in [7, 11) is 4.66. The van der Waals surface area contributed by atoms with Gasteiger partial charge in [0, 0.05) is 12.1 Å². The van der Waals surface area contributed by atoms with Gasteiger partial charge in [0.2, 0.25) is 11.7 Å². The summed E-state index contributed by atoms with van der Waals surface area (Å²) in [5, 5.41) is 11.6. The highest BCUT2D eigenvalue weighted by atomic mass is 16.5. The summed E-state index contributed by atoms with van der Waals surface area (Å²) in [5.41, 5.74) is 2.12. The lowest BCUT2D eigenvalue weighted by molar-refractivity contribution is -0.116. The Balaban J connectivity index is 2.02. The lowest BCUT2D eigenvalue weighted by Gasteiger charge is -2.14. The Bertz CT molecular complexity index is 754. The van der Waals surface area contributed by atoms with Crippen molar-refractivity contribution in [3.63, 3.8) is 0 Å². The zero-order chi connectivity index (χ0) is 18.2. The summed E-state index contributed by atoms with van der Waals surface area (Å²) in [6, 6.07) is 12.4. The highest BCUT2D eigenvalue weighted by Gasteiger charge is 2.14. The Morgan fingerprint density at radius 1 is 1.04 bits per heavy atom. The molecule has 1 N–H and O–H groups in total. The fraction of sp³-hybridized carbons (Fsp3) is 0.263. The van der Waals surface area contributed by atoms with E-state index in [1.165, 1.54) is 0 Å². The van der Waals surface area contributed by atoms with E-state index in [9.17, 15) is 4.79 Å². The summed E-state index contributed by atoms with van der Waals surface area (Å²) >= 11 is 0. The number of aryl methyl sites for hydroxylation is 1. The van der Waals surface area contributed by atoms with Gasteiger partial charge < -0.3 is 19.5 Å². The van der Waals surface area contributed by atoms with Crippen LogP contribution in [0.5, 0.6) is 17.2 Å². The monoisotopic (exact) mass is 340 g/mol. The SMILES string of the molecule is COc1cc(CCC(=O)Nc2ccc(C#N)cc2)cc(OC)c1OC. The van der Waals surface area contributed by atoms with E-state index in [1.807, 2.05) is 18.2 Å². The van der Waals surface area contributed by atoms with Crippen LogP contribution in [0.1, 0.15) is 17.5 Å². The number of carbonyl (C=O) groups is 1. The third kappa shape index (κ3) is 4.64. The van der Waals surface area contributed by atoms with Crippen LogP contribution in [-0.2, 0) is 11.2 Å². The molecule has 0 aliphatic heterocycles.